The molecule has 0 unspecified atom stereocenters. The number of aryl methyl sites for hydroxylation is 1. The fraction of sp³-hybridized carbons (Fsp3) is 0.231. The summed E-state index contributed by atoms with van der Waals surface area (Å²) in [6.45, 7) is 3.47. The average molecular weight is 257 g/mol. The second kappa shape index (κ2) is 5.90. The third-order valence-electron chi connectivity index (χ3n) is 2.40. The minimum absolute atomic E-state index is 0.153. The van der Waals surface area contributed by atoms with Gasteiger partial charge in [-0.25, -0.2) is 15.0 Å². The topological polar surface area (TPSA) is 79.8 Å². The van der Waals surface area contributed by atoms with E-state index in [0.717, 1.165) is 12.1 Å². The van der Waals surface area contributed by atoms with Gasteiger partial charge in [0, 0.05) is 18.7 Å². The van der Waals surface area contributed by atoms with Crippen LogP contribution in [0.1, 0.15) is 19.5 Å². The number of hydrogen-bond acceptors (Lipinski definition) is 5. The van der Waals surface area contributed by atoms with Crippen molar-refractivity contribution in [2.75, 3.05) is 10.6 Å². The minimum Gasteiger partial charge on any atom is -0.325 e. The number of nitrogens with zero attached hydrogens (tertiary/aromatic N) is 3. The van der Waals surface area contributed by atoms with Gasteiger partial charge in [-0.05, 0) is 18.6 Å². The highest BCUT2D eigenvalue weighted by atomic mass is 16.1. The van der Waals surface area contributed by atoms with Crippen LogP contribution < -0.4 is 10.6 Å². The molecule has 2 N–H and O–H groups in total. The number of pyridine rings is 1. The minimum atomic E-state index is -0.153. The Morgan fingerprint density at radius 1 is 1.21 bits per heavy atom. The standard InChI is InChI=1S/C13H15N5O/c1-3-10-7-13(15-8-14-10)18-12-6-4-5-11(17-12)16-9(2)19/h4-8H,3H2,1-2H3,(H2,14,15,16,17,18,19). The number of amides is 1. The van der Waals surface area contributed by atoms with E-state index in [0.29, 0.717) is 17.5 Å². The molecule has 0 aliphatic carbocycles. The van der Waals surface area contributed by atoms with Crippen LogP contribution in [0.2, 0.25) is 0 Å². The predicted octanol–water partition coefficient (Wildman–Crippen LogP) is 2.14. The zero-order valence-electron chi connectivity index (χ0n) is 10.8. The Morgan fingerprint density at radius 2 is 2.00 bits per heavy atom. The van der Waals surface area contributed by atoms with E-state index in [2.05, 4.69) is 25.6 Å². The van der Waals surface area contributed by atoms with Crippen LogP contribution in [0.25, 0.3) is 0 Å². The first kappa shape index (κ1) is 12.9. The molecule has 1 amide bonds. The molecule has 0 fully saturated rings. The van der Waals surface area contributed by atoms with Crippen LogP contribution in [-0.2, 0) is 11.2 Å². The Labute approximate surface area is 111 Å². The van der Waals surface area contributed by atoms with Gasteiger partial charge in [-0.2, -0.15) is 0 Å². The molecular formula is C13H15N5O. The second-order valence-electron chi connectivity index (χ2n) is 3.96. The molecule has 0 radical (unpaired) electrons. The summed E-state index contributed by atoms with van der Waals surface area (Å²) in [7, 11) is 0. The second-order valence-corrected chi connectivity index (χ2v) is 3.96. The molecule has 0 spiro atoms. The maximum atomic E-state index is 11.0. The fourth-order valence-corrected chi connectivity index (χ4v) is 1.54. The summed E-state index contributed by atoms with van der Waals surface area (Å²) in [6, 6.07) is 7.21. The maximum Gasteiger partial charge on any atom is 0.222 e. The van der Waals surface area contributed by atoms with Crippen molar-refractivity contribution in [3.8, 4) is 0 Å². The number of aromatic nitrogens is 3. The number of carbonyl (C=O) groups is 1. The zero-order valence-corrected chi connectivity index (χ0v) is 10.8. The van der Waals surface area contributed by atoms with Gasteiger partial charge in [-0.1, -0.05) is 13.0 Å². The lowest BCUT2D eigenvalue weighted by Gasteiger charge is -2.07. The van der Waals surface area contributed by atoms with Gasteiger partial charge in [-0.15, -0.1) is 0 Å². The zero-order chi connectivity index (χ0) is 13.7. The maximum absolute atomic E-state index is 11.0. The van der Waals surface area contributed by atoms with E-state index in [1.165, 1.54) is 13.3 Å². The predicted molar refractivity (Wildman–Crippen MR) is 73.2 cm³/mol. The summed E-state index contributed by atoms with van der Waals surface area (Å²) >= 11 is 0. The third kappa shape index (κ3) is 3.74. The van der Waals surface area contributed by atoms with Crippen LogP contribution in [0.15, 0.2) is 30.6 Å². The Hall–Kier alpha value is -2.50. The summed E-state index contributed by atoms with van der Waals surface area (Å²) in [4.78, 5) is 23.5. The molecule has 6 nitrogen and oxygen atoms in total. The highest BCUT2D eigenvalue weighted by molar-refractivity contribution is 5.87. The highest BCUT2D eigenvalue weighted by Gasteiger charge is 2.02. The van der Waals surface area contributed by atoms with Gasteiger partial charge in [-0.3, -0.25) is 4.79 Å². The number of anilines is 3. The summed E-state index contributed by atoms with van der Waals surface area (Å²) < 4.78 is 0. The molecule has 0 atom stereocenters. The SMILES string of the molecule is CCc1cc(Nc2cccc(NC(C)=O)n2)ncn1. The first-order valence-corrected chi connectivity index (χ1v) is 6.00. The van der Waals surface area contributed by atoms with E-state index in [4.69, 9.17) is 0 Å². The van der Waals surface area contributed by atoms with Gasteiger partial charge in [0.05, 0.1) is 0 Å². The van der Waals surface area contributed by atoms with Gasteiger partial charge in [0.25, 0.3) is 0 Å². The van der Waals surface area contributed by atoms with Crippen molar-refractivity contribution in [3.05, 3.63) is 36.3 Å². The lowest BCUT2D eigenvalue weighted by Crippen LogP contribution is -2.08. The van der Waals surface area contributed by atoms with Crippen molar-refractivity contribution in [3.63, 3.8) is 0 Å². The van der Waals surface area contributed by atoms with E-state index in [-0.39, 0.29) is 5.91 Å². The van der Waals surface area contributed by atoms with Gasteiger partial charge in [0.15, 0.2) is 0 Å². The molecule has 6 heteroatoms. The average Bonchev–Trinajstić information content (AvgIpc) is 2.38. The van der Waals surface area contributed by atoms with Crippen molar-refractivity contribution < 1.29 is 4.79 Å². The molecule has 0 bridgehead atoms. The number of nitrogens with one attached hydrogen (secondary N) is 2. The molecule has 2 rings (SSSR count). The number of carbonyl (C=O) groups excluding carboxylic acids is 1. The molecule has 2 aromatic heterocycles. The van der Waals surface area contributed by atoms with Crippen LogP contribution in [0.5, 0.6) is 0 Å². The number of hydrogen-bond donors (Lipinski definition) is 2. The van der Waals surface area contributed by atoms with Crippen molar-refractivity contribution in [2.45, 2.75) is 20.3 Å². The molecule has 19 heavy (non-hydrogen) atoms. The number of rotatable bonds is 4. The molecule has 0 saturated heterocycles. The van der Waals surface area contributed by atoms with E-state index in [9.17, 15) is 4.79 Å². The molecule has 2 heterocycles. The lowest BCUT2D eigenvalue weighted by molar-refractivity contribution is -0.114. The highest BCUT2D eigenvalue weighted by Crippen LogP contribution is 2.14. The Kier molecular flexibility index (Phi) is 4.02. The first-order chi connectivity index (χ1) is 9.17. The van der Waals surface area contributed by atoms with Crippen LogP contribution in [0.4, 0.5) is 17.5 Å². The molecule has 98 valence electrons. The van der Waals surface area contributed by atoms with Crippen LogP contribution in [0.3, 0.4) is 0 Å². The Balaban J connectivity index is 2.15. The molecule has 2 aromatic rings. The van der Waals surface area contributed by atoms with Crippen LogP contribution in [0, 0.1) is 0 Å². The van der Waals surface area contributed by atoms with Crippen LogP contribution >= 0.6 is 0 Å². The lowest BCUT2D eigenvalue weighted by atomic mass is 10.3. The quantitative estimate of drug-likeness (QED) is 0.877. The van der Waals surface area contributed by atoms with Crippen molar-refractivity contribution >= 4 is 23.4 Å². The summed E-state index contributed by atoms with van der Waals surface area (Å²) in [5.74, 6) is 1.65. The fourth-order valence-electron chi connectivity index (χ4n) is 1.54. The summed E-state index contributed by atoms with van der Waals surface area (Å²) in [5.41, 5.74) is 0.954. The molecular weight excluding hydrogens is 242 g/mol. The van der Waals surface area contributed by atoms with Gasteiger partial charge >= 0.3 is 0 Å². The monoisotopic (exact) mass is 257 g/mol. The van der Waals surface area contributed by atoms with Gasteiger partial charge in [0.1, 0.15) is 23.8 Å². The third-order valence-corrected chi connectivity index (χ3v) is 2.40. The smallest absolute Gasteiger partial charge is 0.222 e. The Bertz CT molecular complexity index is 585. The van der Waals surface area contributed by atoms with E-state index in [1.807, 2.05) is 19.1 Å². The summed E-state index contributed by atoms with van der Waals surface area (Å²) in [5, 5.41) is 5.71. The van der Waals surface area contributed by atoms with Crippen molar-refractivity contribution in [2.24, 2.45) is 0 Å². The van der Waals surface area contributed by atoms with E-state index in [1.54, 1.807) is 12.1 Å². The normalized spacial score (nSPS) is 10.0. The largest absolute Gasteiger partial charge is 0.325 e. The molecule has 0 aromatic carbocycles. The van der Waals surface area contributed by atoms with Crippen molar-refractivity contribution in [1.29, 1.82) is 0 Å². The Morgan fingerprint density at radius 3 is 2.74 bits per heavy atom. The summed E-state index contributed by atoms with van der Waals surface area (Å²) in [6.07, 6.45) is 2.36. The molecule has 0 aliphatic heterocycles. The van der Waals surface area contributed by atoms with Crippen LogP contribution in [-0.4, -0.2) is 20.9 Å². The van der Waals surface area contributed by atoms with E-state index >= 15 is 0 Å². The van der Waals surface area contributed by atoms with Crippen molar-refractivity contribution in [1.82, 2.24) is 15.0 Å². The first-order valence-electron chi connectivity index (χ1n) is 6.00. The van der Waals surface area contributed by atoms with E-state index < -0.39 is 0 Å². The van der Waals surface area contributed by atoms with Gasteiger partial charge < -0.3 is 10.6 Å². The van der Waals surface area contributed by atoms with Gasteiger partial charge in [0.2, 0.25) is 5.91 Å². The molecule has 0 aliphatic rings. The molecule has 0 saturated carbocycles.